The third-order valence-electron chi connectivity index (χ3n) is 3.68. The SMILES string of the molecule is CCCC(CC)NCCCNCc1ccc(CN)cc1.CN. The van der Waals surface area contributed by atoms with E-state index in [1.807, 2.05) is 0 Å². The highest BCUT2D eigenvalue weighted by molar-refractivity contribution is 5.22. The minimum absolute atomic E-state index is 0.621. The van der Waals surface area contributed by atoms with Gasteiger partial charge in [0.15, 0.2) is 0 Å². The van der Waals surface area contributed by atoms with Crippen molar-refractivity contribution in [3.63, 3.8) is 0 Å². The van der Waals surface area contributed by atoms with Crippen molar-refractivity contribution in [1.82, 2.24) is 10.6 Å². The molecule has 0 aliphatic heterocycles. The zero-order valence-corrected chi connectivity index (χ0v) is 14.7. The molecule has 1 atom stereocenters. The highest BCUT2D eigenvalue weighted by Crippen LogP contribution is 2.03. The second-order valence-corrected chi connectivity index (χ2v) is 5.40. The van der Waals surface area contributed by atoms with E-state index in [0.717, 1.165) is 19.6 Å². The molecule has 0 fully saturated rings. The Morgan fingerprint density at radius 1 is 1.00 bits per heavy atom. The van der Waals surface area contributed by atoms with Crippen LogP contribution in [0.1, 0.15) is 50.7 Å². The lowest BCUT2D eigenvalue weighted by molar-refractivity contribution is 0.454. The third-order valence-corrected chi connectivity index (χ3v) is 3.68. The maximum atomic E-state index is 5.59. The molecule has 0 amide bonds. The highest BCUT2D eigenvalue weighted by atomic mass is 14.9. The average Bonchev–Trinajstić information content (AvgIpc) is 2.59. The van der Waals surface area contributed by atoms with Crippen molar-refractivity contribution in [3.05, 3.63) is 35.4 Å². The fraction of sp³-hybridized carbons (Fsp3) is 0.667. The van der Waals surface area contributed by atoms with Crippen molar-refractivity contribution >= 4 is 0 Å². The molecule has 0 saturated heterocycles. The van der Waals surface area contributed by atoms with Gasteiger partial charge in [-0.25, -0.2) is 0 Å². The van der Waals surface area contributed by atoms with Crippen LogP contribution in [0.3, 0.4) is 0 Å². The Morgan fingerprint density at radius 3 is 2.18 bits per heavy atom. The van der Waals surface area contributed by atoms with Gasteiger partial charge in [-0.2, -0.15) is 0 Å². The van der Waals surface area contributed by atoms with Crippen LogP contribution in [-0.2, 0) is 13.1 Å². The molecule has 1 rings (SSSR count). The smallest absolute Gasteiger partial charge is 0.0205 e. The van der Waals surface area contributed by atoms with Gasteiger partial charge in [-0.3, -0.25) is 0 Å². The van der Waals surface area contributed by atoms with E-state index in [-0.39, 0.29) is 0 Å². The van der Waals surface area contributed by atoms with Crippen LogP contribution in [0.5, 0.6) is 0 Å². The second-order valence-electron chi connectivity index (χ2n) is 5.40. The van der Waals surface area contributed by atoms with Crippen molar-refractivity contribution in [2.45, 2.75) is 58.7 Å². The van der Waals surface area contributed by atoms with Crippen LogP contribution in [0.4, 0.5) is 0 Å². The number of nitrogens with two attached hydrogens (primary N) is 2. The Kier molecular flexibility index (Phi) is 14.3. The lowest BCUT2D eigenvalue weighted by Gasteiger charge is -2.15. The van der Waals surface area contributed by atoms with E-state index in [1.54, 1.807) is 0 Å². The molecule has 1 aromatic rings. The predicted octanol–water partition coefficient (Wildman–Crippen LogP) is 2.37. The van der Waals surface area contributed by atoms with E-state index in [2.05, 4.69) is 54.5 Å². The van der Waals surface area contributed by atoms with E-state index in [4.69, 9.17) is 5.73 Å². The van der Waals surface area contributed by atoms with E-state index in [1.165, 1.54) is 43.9 Å². The zero-order valence-electron chi connectivity index (χ0n) is 14.7. The quantitative estimate of drug-likeness (QED) is 0.473. The van der Waals surface area contributed by atoms with Gasteiger partial charge in [0.05, 0.1) is 0 Å². The molecule has 0 aliphatic rings. The van der Waals surface area contributed by atoms with Crippen LogP contribution in [0.25, 0.3) is 0 Å². The van der Waals surface area contributed by atoms with Crippen LogP contribution in [0.15, 0.2) is 24.3 Å². The summed E-state index contributed by atoms with van der Waals surface area (Å²) in [7, 11) is 1.50. The summed E-state index contributed by atoms with van der Waals surface area (Å²) < 4.78 is 0. The molecule has 6 N–H and O–H groups in total. The van der Waals surface area contributed by atoms with Crippen molar-refractivity contribution in [2.75, 3.05) is 20.1 Å². The Hall–Kier alpha value is -0.940. The van der Waals surface area contributed by atoms with Crippen molar-refractivity contribution in [1.29, 1.82) is 0 Å². The number of nitrogens with one attached hydrogen (secondary N) is 2. The number of rotatable bonds is 11. The van der Waals surface area contributed by atoms with Crippen LogP contribution < -0.4 is 22.1 Å². The molecule has 0 bridgehead atoms. The lowest BCUT2D eigenvalue weighted by atomic mass is 10.1. The minimum Gasteiger partial charge on any atom is -0.333 e. The molecular formula is C18H36N4. The van der Waals surface area contributed by atoms with E-state index < -0.39 is 0 Å². The summed E-state index contributed by atoms with van der Waals surface area (Å²) in [5.74, 6) is 0. The molecule has 0 aromatic heterocycles. The molecule has 0 aliphatic carbocycles. The van der Waals surface area contributed by atoms with Gasteiger partial charge < -0.3 is 22.1 Å². The Balaban J connectivity index is 0.00000211. The number of hydrogen-bond acceptors (Lipinski definition) is 4. The number of benzene rings is 1. The fourth-order valence-corrected chi connectivity index (χ4v) is 2.34. The fourth-order valence-electron chi connectivity index (χ4n) is 2.34. The van der Waals surface area contributed by atoms with Crippen LogP contribution in [0.2, 0.25) is 0 Å². The molecule has 128 valence electrons. The first-order chi connectivity index (χ1) is 10.8. The summed E-state index contributed by atoms with van der Waals surface area (Å²) >= 11 is 0. The molecule has 0 spiro atoms. The highest BCUT2D eigenvalue weighted by Gasteiger charge is 2.02. The first-order valence-electron chi connectivity index (χ1n) is 8.59. The van der Waals surface area contributed by atoms with Gasteiger partial charge in [-0.1, -0.05) is 44.5 Å². The Morgan fingerprint density at radius 2 is 1.64 bits per heavy atom. The summed E-state index contributed by atoms with van der Waals surface area (Å²) in [6.45, 7) is 8.25. The predicted molar refractivity (Wildman–Crippen MR) is 97.8 cm³/mol. The Bertz CT molecular complexity index is 337. The largest absolute Gasteiger partial charge is 0.333 e. The van der Waals surface area contributed by atoms with Crippen LogP contribution in [0, 0.1) is 0 Å². The topological polar surface area (TPSA) is 76.1 Å². The van der Waals surface area contributed by atoms with Gasteiger partial charge in [0.25, 0.3) is 0 Å². The number of hydrogen-bond donors (Lipinski definition) is 4. The molecule has 22 heavy (non-hydrogen) atoms. The van der Waals surface area contributed by atoms with Gasteiger partial charge in [-0.05, 0) is 50.5 Å². The molecule has 1 aromatic carbocycles. The molecule has 1 unspecified atom stereocenters. The zero-order chi connectivity index (χ0) is 16.6. The van der Waals surface area contributed by atoms with Crippen molar-refractivity contribution in [2.24, 2.45) is 11.5 Å². The van der Waals surface area contributed by atoms with E-state index in [9.17, 15) is 0 Å². The normalized spacial score (nSPS) is 11.7. The van der Waals surface area contributed by atoms with Crippen LogP contribution >= 0.6 is 0 Å². The summed E-state index contributed by atoms with van der Waals surface area (Å²) in [5.41, 5.74) is 12.6. The van der Waals surface area contributed by atoms with Crippen LogP contribution in [-0.4, -0.2) is 26.2 Å². The second kappa shape index (κ2) is 15.0. The first kappa shape index (κ1) is 21.1. The van der Waals surface area contributed by atoms with Gasteiger partial charge in [0, 0.05) is 19.1 Å². The van der Waals surface area contributed by atoms with Gasteiger partial charge >= 0.3 is 0 Å². The third kappa shape index (κ3) is 9.90. The molecular weight excluding hydrogens is 272 g/mol. The lowest BCUT2D eigenvalue weighted by Crippen LogP contribution is -2.30. The molecule has 0 radical (unpaired) electrons. The van der Waals surface area contributed by atoms with Gasteiger partial charge in [0.2, 0.25) is 0 Å². The molecule has 4 heteroatoms. The standard InChI is InChI=1S/C17H31N3.CH5N/c1-3-6-17(4-2)20-12-5-11-19-14-16-9-7-15(13-18)8-10-16;1-2/h7-10,17,19-20H,3-6,11-14,18H2,1-2H3;2H2,1H3. The molecule has 4 nitrogen and oxygen atoms in total. The molecule has 0 heterocycles. The maximum Gasteiger partial charge on any atom is 0.0205 e. The summed E-state index contributed by atoms with van der Waals surface area (Å²) in [5, 5.41) is 7.12. The molecule has 0 saturated carbocycles. The first-order valence-corrected chi connectivity index (χ1v) is 8.59. The summed E-state index contributed by atoms with van der Waals surface area (Å²) in [4.78, 5) is 0. The summed E-state index contributed by atoms with van der Waals surface area (Å²) in [6, 6.07) is 9.22. The summed E-state index contributed by atoms with van der Waals surface area (Å²) in [6.07, 6.45) is 4.97. The van der Waals surface area contributed by atoms with Gasteiger partial charge in [0.1, 0.15) is 0 Å². The monoisotopic (exact) mass is 308 g/mol. The van der Waals surface area contributed by atoms with Crippen molar-refractivity contribution < 1.29 is 0 Å². The average molecular weight is 309 g/mol. The van der Waals surface area contributed by atoms with E-state index >= 15 is 0 Å². The van der Waals surface area contributed by atoms with Crippen molar-refractivity contribution in [3.8, 4) is 0 Å². The Labute approximate surface area is 137 Å². The van der Waals surface area contributed by atoms with Gasteiger partial charge in [-0.15, -0.1) is 0 Å². The van der Waals surface area contributed by atoms with E-state index in [0.29, 0.717) is 12.6 Å². The maximum absolute atomic E-state index is 5.59. The minimum atomic E-state index is 0.621.